The topological polar surface area (TPSA) is 28.2 Å². The van der Waals surface area contributed by atoms with Gasteiger partial charge in [-0.1, -0.05) is 18.2 Å². The summed E-state index contributed by atoms with van der Waals surface area (Å²) in [6.07, 6.45) is 5.85. The first-order valence-electron chi connectivity index (χ1n) is 7.57. The van der Waals surface area contributed by atoms with Crippen LogP contribution in [-0.4, -0.2) is 36.1 Å². The Bertz CT molecular complexity index is 559. The molecular formula is C17H23N3. The Morgan fingerprint density at radius 1 is 1.25 bits per heavy atom. The predicted octanol–water partition coefficient (Wildman–Crippen LogP) is 2.81. The first-order chi connectivity index (χ1) is 9.83. The molecular weight excluding hydrogens is 246 g/mol. The summed E-state index contributed by atoms with van der Waals surface area (Å²) >= 11 is 0. The number of nitrogens with zero attached hydrogens (tertiary/aromatic N) is 2. The number of hydrogen-bond donors (Lipinski definition) is 1. The second kappa shape index (κ2) is 6.33. The summed E-state index contributed by atoms with van der Waals surface area (Å²) in [5.74, 6) is 0. The third kappa shape index (κ3) is 3.17. The van der Waals surface area contributed by atoms with Crippen LogP contribution in [0.25, 0.3) is 10.9 Å². The molecule has 1 N–H and O–H groups in total. The maximum absolute atomic E-state index is 4.56. The lowest BCUT2D eigenvalue weighted by Gasteiger charge is -2.26. The molecule has 1 fully saturated rings. The standard InChI is InChI=1S/C17H23N3/c1-20(16-6-4-9-18-10-8-16)13-14-11-15-5-2-3-7-17(15)19-12-14/h2-3,5,7,11-12,16,18H,4,6,8-10,13H2,1H3. The zero-order valence-electron chi connectivity index (χ0n) is 12.2. The number of hydrogen-bond acceptors (Lipinski definition) is 3. The van der Waals surface area contributed by atoms with Gasteiger partial charge in [0.05, 0.1) is 5.52 Å². The van der Waals surface area contributed by atoms with Crippen molar-refractivity contribution in [1.29, 1.82) is 0 Å². The van der Waals surface area contributed by atoms with E-state index < -0.39 is 0 Å². The molecule has 3 nitrogen and oxygen atoms in total. The number of nitrogens with one attached hydrogen (secondary N) is 1. The molecule has 0 aliphatic carbocycles. The van der Waals surface area contributed by atoms with E-state index in [0.29, 0.717) is 6.04 Å². The molecule has 2 heterocycles. The fourth-order valence-electron chi connectivity index (χ4n) is 3.06. The zero-order chi connectivity index (χ0) is 13.8. The molecule has 0 saturated carbocycles. The quantitative estimate of drug-likeness (QED) is 0.928. The number of para-hydroxylation sites is 1. The van der Waals surface area contributed by atoms with Gasteiger partial charge in [0.25, 0.3) is 0 Å². The van der Waals surface area contributed by atoms with E-state index in [9.17, 15) is 0 Å². The smallest absolute Gasteiger partial charge is 0.0702 e. The van der Waals surface area contributed by atoms with E-state index in [2.05, 4.69) is 46.5 Å². The number of pyridine rings is 1. The van der Waals surface area contributed by atoms with Gasteiger partial charge in [0.15, 0.2) is 0 Å². The molecule has 1 atom stereocenters. The van der Waals surface area contributed by atoms with Gasteiger partial charge in [-0.05, 0) is 57.1 Å². The van der Waals surface area contributed by atoms with Gasteiger partial charge in [-0.3, -0.25) is 9.88 Å². The van der Waals surface area contributed by atoms with Crippen molar-refractivity contribution in [2.75, 3.05) is 20.1 Å². The van der Waals surface area contributed by atoms with Crippen LogP contribution in [0.15, 0.2) is 36.5 Å². The van der Waals surface area contributed by atoms with Gasteiger partial charge >= 0.3 is 0 Å². The molecule has 0 bridgehead atoms. The van der Waals surface area contributed by atoms with Gasteiger partial charge in [0.1, 0.15) is 0 Å². The molecule has 0 amide bonds. The van der Waals surface area contributed by atoms with Gasteiger partial charge in [-0.15, -0.1) is 0 Å². The molecule has 3 rings (SSSR count). The van der Waals surface area contributed by atoms with E-state index in [1.807, 2.05) is 12.3 Å². The van der Waals surface area contributed by atoms with E-state index >= 15 is 0 Å². The number of rotatable bonds is 3. The Labute approximate surface area is 121 Å². The Kier molecular flexibility index (Phi) is 4.28. The average Bonchev–Trinajstić information content (AvgIpc) is 2.76. The monoisotopic (exact) mass is 269 g/mol. The molecule has 20 heavy (non-hydrogen) atoms. The van der Waals surface area contributed by atoms with Crippen LogP contribution in [0.5, 0.6) is 0 Å². The van der Waals surface area contributed by atoms with Crippen molar-refractivity contribution in [2.24, 2.45) is 0 Å². The molecule has 1 aromatic carbocycles. The van der Waals surface area contributed by atoms with Crippen molar-refractivity contribution in [3.63, 3.8) is 0 Å². The SMILES string of the molecule is CN(Cc1cnc2ccccc2c1)C1CCCNCC1. The lowest BCUT2D eigenvalue weighted by atomic mass is 10.1. The van der Waals surface area contributed by atoms with Crippen molar-refractivity contribution < 1.29 is 0 Å². The Balaban J connectivity index is 1.71. The van der Waals surface area contributed by atoms with E-state index in [0.717, 1.165) is 18.6 Å². The van der Waals surface area contributed by atoms with E-state index in [4.69, 9.17) is 0 Å². The molecule has 1 unspecified atom stereocenters. The molecule has 0 radical (unpaired) electrons. The normalized spacial score (nSPS) is 20.2. The summed E-state index contributed by atoms with van der Waals surface area (Å²) in [6, 6.07) is 11.3. The highest BCUT2D eigenvalue weighted by Crippen LogP contribution is 2.17. The molecule has 1 aromatic heterocycles. The van der Waals surface area contributed by atoms with Crippen molar-refractivity contribution in [3.05, 3.63) is 42.1 Å². The third-order valence-corrected chi connectivity index (χ3v) is 4.25. The summed E-state index contributed by atoms with van der Waals surface area (Å²) in [7, 11) is 2.24. The van der Waals surface area contributed by atoms with E-state index in [1.165, 1.54) is 36.8 Å². The Hall–Kier alpha value is -1.45. The fourth-order valence-corrected chi connectivity index (χ4v) is 3.06. The van der Waals surface area contributed by atoms with Crippen LogP contribution in [0.3, 0.4) is 0 Å². The Morgan fingerprint density at radius 2 is 2.15 bits per heavy atom. The predicted molar refractivity (Wildman–Crippen MR) is 83.7 cm³/mol. The summed E-state index contributed by atoms with van der Waals surface area (Å²) in [6.45, 7) is 3.30. The summed E-state index contributed by atoms with van der Waals surface area (Å²) < 4.78 is 0. The first kappa shape index (κ1) is 13.5. The minimum absolute atomic E-state index is 0.691. The largest absolute Gasteiger partial charge is 0.317 e. The van der Waals surface area contributed by atoms with Crippen LogP contribution < -0.4 is 5.32 Å². The fraction of sp³-hybridized carbons (Fsp3) is 0.471. The highest BCUT2D eigenvalue weighted by Gasteiger charge is 2.16. The van der Waals surface area contributed by atoms with Crippen LogP contribution >= 0.6 is 0 Å². The minimum atomic E-state index is 0.691. The van der Waals surface area contributed by atoms with Gasteiger partial charge in [0, 0.05) is 24.2 Å². The maximum Gasteiger partial charge on any atom is 0.0702 e. The van der Waals surface area contributed by atoms with Crippen molar-refractivity contribution in [3.8, 4) is 0 Å². The summed E-state index contributed by atoms with van der Waals surface area (Å²) in [5.41, 5.74) is 2.39. The molecule has 1 aliphatic heterocycles. The van der Waals surface area contributed by atoms with Gasteiger partial charge in [-0.2, -0.15) is 0 Å². The van der Waals surface area contributed by atoms with Crippen molar-refractivity contribution in [2.45, 2.75) is 31.8 Å². The second-order valence-corrected chi connectivity index (χ2v) is 5.79. The number of fused-ring (bicyclic) bond motifs is 1. The molecule has 2 aromatic rings. The second-order valence-electron chi connectivity index (χ2n) is 5.79. The van der Waals surface area contributed by atoms with E-state index in [-0.39, 0.29) is 0 Å². The lowest BCUT2D eigenvalue weighted by molar-refractivity contribution is 0.216. The maximum atomic E-state index is 4.56. The average molecular weight is 269 g/mol. The van der Waals surface area contributed by atoms with Crippen LogP contribution in [0, 0.1) is 0 Å². The van der Waals surface area contributed by atoms with Crippen LogP contribution in [-0.2, 0) is 6.54 Å². The molecule has 1 aliphatic rings. The van der Waals surface area contributed by atoms with Gasteiger partial charge in [0.2, 0.25) is 0 Å². The van der Waals surface area contributed by atoms with Gasteiger partial charge < -0.3 is 5.32 Å². The highest BCUT2D eigenvalue weighted by molar-refractivity contribution is 5.78. The van der Waals surface area contributed by atoms with Crippen LogP contribution in [0.2, 0.25) is 0 Å². The van der Waals surface area contributed by atoms with E-state index in [1.54, 1.807) is 0 Å². The van der Waals surface area contributed by atoms with Crippen LogP contribution in [0.1, 0.15) is 24.8 Å². The molecule has 106 valence electrons. The zero-order valence-corrected chi connectivity index (χ0v) is 12.2. The first-order valence-corrected chi connectivity index (χ1v) is 7.57. The minimum Gasteiger partial charge on any atom is -0.317 e. The Morgan fingerprint density at radius 3 is 3.10 bits per heavy atom. The van der Waals surface area contributed by atoms with Crippen LogP contribution in [0.4, 0.5) is 0 Å². The lowest BCUT2D eigenvalue weighted by Crippen LogP contribution is -2.32. The summed E-state index contributed by atoms with van der Waals surface area (Å²) in [5, 5.41) is 4.72. The van der Waals surface area contributed by atoms with Crippen molar-refractivity contribution in [1.82, 2.24) is 15.2 Å². The summed E-state index contributed by atoms with van der Waals surface area (Å²) in [4.78, 5) is 7.04. The number of benzene rings is 1. The van der Waals surface area contributed by atoms with Gasteiger partial charge in [-0.25, -0.2) is 0 Å². The molecule has 3 heteroatoms. The molecule has 0 spiro atoms. The van der Waals surface area contributed by atoms with Crippen molar-refractivity contribution >= 4 is 10.9 Å². The third-order valence-electron chi connectivity index (χ3n) is 4.25. The molecule has 1 saturated heterocycles. The number of aromatic nitrogens is 1. The highest BCUT2D eigenvalue weighted by atomic mass is 15.1.